The minimum Gasteiger partial charge on any atom is -0.508 e. The van der Waals surface area contributed by atoms with Crippen molar-refractivity contribution in [3.8, 4) is 5.75 Å². The summed E-state index contributed by atoms with van der Waals surface area (Å²) in [7, 11) is 0. The quantitative estimate of drug-likeness (QED) is 0.776. The van der Waals surface area contributed by atoms with Gasteiger partial charge in [-0.15, -0.1) is 0 Å². The molecule has 1 aliphatic heterocycles. The first-order chi connectivity index (χ1) is 8.46. The minimum absolute atomic E-state index is 0.0964. The lowest BCUT2D eigenvalue weighted by molar-refractivity contribution is -0.125. The standard InChI is InChI=1S/C14H17NO3/c1-14(18)8-9-15(10-14)13(17)7-4-11-2-5-12(16)6-3-11/h2-7,16,18H,8-10H2,1H3/b7-4+. The maximum Gasteiger partial charge on any atom is 0.246 e. The average Bonchev–Trinajstić information content (AvgIpc) is 2.69. The number of phenolic OH excluding ortho intramolecular Hbond substituents is 1. The van der Waals surface area contributed by atoms with Gasteiger partial charge in [-0.1, -0.05) is 12.1 Å². The van der Waals surface area contributed by atoms with Crippen molar-refractivity contribution >= 4 is 12.0 Å². The Kier molecular flexibility index (Phi) is 3.39. The first-order valence-corrected chi connectivity index (χ1v) is 5.95. The van der Waals surface area contributed by atoms with Crippen LogP contribution >= 0.6 is 0 Å². The molecular weight excluding hydrogens is 230 g/mol. The molecule has 4 heteroatoms. The van der Waals surface area contributed by atoms with E-state index < -0.39 is 5.60 Å². The summed E-state index contributed by atoms with van der Waals surface area (Å²) in [5, 5.41) is 18.9. The molecule has 2 N–H and O–H groups in total. The lowest BCUT2D eigenvalue weighted by Gasteiger charge is -2.17. The number of nitrogens with zero attached hydrogens (tertiary/aromatic N) is 1. The Hall–Kier alpha value is -1.81. The average molecular weight is 247 g/mol. The van der Waals surface area contributed by atoms with Crippen LogP contribution in [0.25, 0.3) is 6.08 Å². The molecule has 0 aromatic heterocycles. The van der Waals surface area contributed by atoms with E-state index in [1.54, 1.807) is 42.2 Å². The SMILES string of the molecule is CC1(O)CCN(C(=O)/C=C/c2ccc(O)cc2)C1. The van der Waals surface area contributed by atoms with E-state index in [9.17, 15) is 9.90 Å². The lowest BCUT2D eigenvalue weighted by atomic mass is 10.1. The normalized spacial score (nSPS) is 23.8. The summed E-state index contributed by atoms with van der Waals surface area (Å²) < 4.78 is 0. The van der Waals surface area contributed by atoms with E-state index in [2.05, 4.69) is 0 Å². The second kappa shape index (κ2) is 4.82. The molecule has 1 fully saturated rings. The molecule has 0 bridgehead atoms. The number of benzene rings is 1. The highest BCUT2D eigenvalue weighted by Gasteiger charge is 2.32. The number of amides is 1. The first kappa shape index (κ1) is 12.6. The van der Waals surface area contributed by atoms with Crippen molar-refractivity contribution in [1.82, 2.24) is 4.90 Å². The second-order valence-corrected chi connectivity index (χ2v) is 4.93. The summed E-state index contributed by atoms with van der Waals surface area (Å²) in [6.45, 7) is 2.71. The Morgan fingerprint density at radius 2 is 2.06 bits per heavy atom. The van der Waals surface area contributed by atoms with E-state index in [1.165, 1.54) is 6.08 Å². The molecular formula is C14H17NO3. The number of rotatable bonds is 2. The Morgan fingerprint density at radius 3 is 2.61 bits per heavy atom. The number of aliphatic hydroxyl groups is 1. The van der Waals surface area contributed by atoms with Crippen LogP contribution in [-0.2, 0) is 4.79 Å². The number of aromatic hydroxyl groups is 1. The van der Waals surface area contributed by atoms with Gasteiger partial charge in [0.1, 0.15) is 5.75 Å². The second-order valence-electron chi connectivity index (χ2n) is 4.93. The van der Waals surface area contributed by atoms with Gasteiger partial charge in [0.15, 0.2) is 0 Å². The molecule has 1 unspecified atom stereocenters. The summed E-state index contributed by atoms with van der Waals surface area (Å²) in [6, 6.07) is 6.62. The number of likely N-dealkylation sites (tertiary alicyclic amines) is 1. The molecule has 0 aliphatic carbocycles. The van der Waals surface area contributed by atoms with E-state index in [4.69, 9.17) is 5.11 Å². The number of hydrogen-bond donors (Lipinski definition) is 2. The van der Waals surface area contributed by atoms with Gasteiger partial charge in [-0.2, -0.15) is 0 Å². The number of hydrogen-bond acceptors (Lipinski definition) is 3. The summed E-state index contributed by atoms with van der Waals surface area (Å²) in [5.74, 6) is 0.106. The van der Waals surface area contributed by atoms with Crippen LogP contribution in [0.4, 0.5) is 0 Å². The summed E-state index contributed by atoms with van der Waals surface area (Å²) >= 11 is 0. The van der Waals surface area contributed by atoms with Crippen molar-refractivity contribution in [3.63, 3.8) is 0 Å². The molecule has 18 heavy (non-hydrogen) atoms. The fourth-order valence-electron chi connectivity index (χ4n) is 1.99. The molecule has 1 saturated heterocycles. The molecule has 1 atom stereocenters. The summed E-state index contributed by atoms with van der Waals surface area (Å²) in [6.07, 6.45) is 3.81. The minimum atomic E-state index is -0.762. The van der Waals surface area contributed by atoms with Crippen LogP contribution in [0.2, 0.25) is 0 Å². The molecule has 1 aromatic rings. The number of phenols is 1. The summed E-state index contributed by atoms with van der Waals surface area (Å²) in [5.41, 5.74) is 0.0919. The van der Waals surface area contributed by atoms with Crippen LogP contribution in [-0.4, -0.2) is 39.7 Å². The van der Waals surface area contributed by atoms with Gasteiger partial charge in [-0.3, -0.25) is 4.79 Å². The Bertz CT molecular complexity index is 462. The third kappa shape index (κ3) is 3.11. The highest BCUT2D eigenvalue weighted by Crippen LogP contribution is 2.20. The third-order valence-electron chi connectivity index (χ3n) is 3.07. The molecule has 1 heterocycles. The fourth-order valence-corrected chi connectivity index (χ4v) is 1.99. The van der Waals surface area contributed by atoms with Crippen molar-refractivity contribution in [2.45, 2.75) is 18.9 Å². The van der Waals surface area contributed by atoms with Crippen LogP contribution in [0.5, 0.6) is 5.75 Å². The highest BCUT2D eigenvalue weighted by molar-refractivity contribution is 5.92. The van der Waals surface area contributed by atoms with Crippen LogP contribution < -0.4 is 0 Å². The topological polar surface area (TPSA) is 60.8 Å². The van der Waals surface area contributed by atoms with E-state index in [0.29, 0.717) is 19.5 Å². The molecule has 96 valence electrons. The van der Waals surface area contributed by atoms with Gasteiger partial charge in [0.05, 0.1) is 5.60 Å². The molecule has 1 amide bonds. The van der Waals surface area contributed by atoms with Crippen LogP contribution in [0.15, 0.2) is 30.3 Å². The van der Waals surface area contributed by atoms with Gasteiger partial charge in [0.25, 0.3) is 0 Å². The van der Waals surface area contributed by atoms with E-state index in [1.807, 2.05) is 0 Å². The zero-order valence-corrected chi connectivity index (χ0v) is 10.3. The van der Waals surface area contributed by atoms with Gasteiger partial charge in [0, 0.05) is 19.2 Å². The Labute approximate surface area is 106 Å². The van der Waals surface area contributed by atoms with Crippen LogP contribution in [0, 0.1) is 0 Å². The van der Waals surface area contributed by atoms with Crippen molar-refractivity contribution in [2.75, 3.05) is 13.1 Å². The molecule has 1 aromatic carbocycles. The summed E-state index contributed by atoms with van der Waals surface area (Å²) in [4.78, 5) is 13.5. The molecule has 2 rings (SSSR count). The van der Waals surface area contributed by atoms with Gasteiger partial charge in [0.2, 0.25) is 5.91 Å². The maximum atomic E-state index is 11.9. The van der Waals surface area contributed by atoms with Gasteiger partial charge in [-0.25, -0.2) is 0 Å². The number of carbonyl (C=O) groups excluding carboxylic acids is 1. The Balaban J connectivity index is 1.97. The van der Waals surface area contributed by atoms with E-state index in [0.717, 1.165) is 5.56 Å². The molecule has 4 nitrogen and oxygen atoms in total. The fraction of sp³-hybridized carbons (Fsp3) is 0.357. The number of β-amino-alcohol motifs (C(OH)–C–C–N with tert-alkyl or cyclic N) is 1. The monoisotopic (exact) mass is 247 g/mol. The zero-order chi connectivity index (χ0) is 13.2. The molecule has 0 radical (unpaired) electrons. The predicted octanol–water partition coefficient (Wildman–Crippen LogP) is 1.39. The van der Waals surface area contributed by atoms with Gasteiger partial charge in [-0.05, 0) is 37.1 Å². The van der Waals surface area contributed by atoms with Crippen LogP contribution in [0.1, 0.15) is 18.9 Å². The molecule has 0 spiro atoms. The lowest BCUT2D eigenvalue weighted by Crippen LogP contribution is -2.32. The first-order valence-electron chi connectivity index (χ1n) is 5.95. The Morgan fingerprint density at radius 1 is 1.39 bits per heavy atom. The van der Waals surface area contributed by atoms with Crippen molar-refractivity contribution in [1.29, 1.82) is 0 Å². The van der Waals surface area contributed by atoms with Crippen molar-refractivity contribution in [2.24, 2.45) is 0 Å². The molecule has 1 aliphatic rings. The largest absolute Gasteiger partial charge is 0.508 e. The highest BCUT2D eigenvalue weighted by atomic mass is 16.3. The van der Waals surface area contributed by atoms with Crippen LogP contribution in [0.3, 0.4) is 0 Å². The predicted molar refractivity (Wildman–Crippen MR) is 69.0 cm³/mol. The van der Waals surface area contributed by atoms with Crippen molar-refractivity contribution < 1.29 is 15.0 Å². The van der Waals surface area contributed by atoms with Gasteiger partial charge >= 0.3 is 0 Å². The molecule has 0 saturated carbocycles. The smallest absolute Gasteiger partial charge is 0.246 e. The zero-order valence-electron chi connectivity index (χ0n) is 10.3. The third-order valence-corrected chi connectivity index (χ3v) is 3.07. The van der Waals surface area contributed by atoms with E-state index in [-0.39, 0.29) is 11.7 Å². The van der Waals surface area contributed by atoms with Crippen molar-refractivity contribution in [3.05, 3.63) is 35.9 Å². The number of carbonyl (C=O) groups is 1. The maximum absolute atomic E-state index is 11.9. The van der Waals surface area contributed by atoms with E-state index >= 15 is 0 Å². The van der Waals surface area contributed by atoms with Gasteiger partial charge < -0.3 is 15.1 Å².